The Morgan fingerprint density at radius 1 is 0.867 bits per heavy atom. The van der Waals surface area contributed by atoms with Crippen molar-refractivity contribution < 1.29 is 31.0 Å². The van der Waals surface area contributed by atoms with Crippen LogP contribution in [-0.2, 0) is 20.2 Å². The second-order valence-electron chi connectivity index (χ2n) is 5.90. The van der Waals surface area contributed by atoms with Crippen molar-refractivity contribution in [2.24, 2.45) is 15.3 Å². The van der Waals surface area contributed by atoms with Gasteiger partial charge in [0.05, 0.1) is 16.8 Å². The number of azo groups is 1. The first-order valence-corrected chi connectivity index (χ1v) is 10.7. The van der Waals surface area contributed by atoms with Crippen LogP contribution in [0.2, 0.25) is 0 Å². The van der Waals surface area contributed by atoms with Gasteiger partial charge >= 0.3 is 0 Å². The van der Waals surface area contributed by atoms with E-state index in [1.54, 1.807) is 30.3 Å². The molecule has 0 atom stereocenters. The molecule has 3 rings (SSSR count). The number of phenols is 1. The molecule has 0 saturated heterocycles. The number of aromatic hydroxyl groups is 1. The lowest BCUT2D eigenvalue weighted by molar-refractivity contribution is 0.472. The van der Waals surface area contributed by atoms with E-state index in [2.05, 4.69) is 15.3 Å². The first-order chi connectivity index (χ1) is 13.9. The number of nitrogens with one attached hydrogen (secondary N) is 1. The fraction of sp³-hybridized carbons (Fsp3) is 0. The SMILES string of the molecule is N=Nc1c(S(=O)(=O)O)cc2cc(S(=O)(=O)O)c(N=Nc3ccccc3)c(O)c2c1N. The lowest BCUT2D eigenvalue weighted by Gasteiger charge is -2.13. The Morgan fingerprint density at radius 2 is 1.40 bits per heavy atom. The van der Waals surface area contributed by atoms with Crippen molar-refractivity contribution in [3.8, 4) is 5.75 Å². The van der Waals surface area contributed by atoms with Crippen LogP contribution in [0.1, 0.15) is 0 Å². The maximum atomic E-state index is 11.8. The predicted molar refractivity (Wildman–Crippen MR) is 105 cm³/mol. The third kappa shape index (κ3) is 3.84. The Morgan fingerprint density at radius 3 is 1.90 bits per heavy atom. The predicted octanol–water partition coefficient (Wildman–Crippen LogP) is 3.70. The highest BCUT2D eigenvalue weighted by atomic mass is 32.2. The van der Waals surface area contributed by atoms with Crippen molar-refractivity contribution in [1.82, 2.24) is 0 Å². The van der Waals surface area contributed by atoms with Crippen LogP contribution in [0.15, 0.2) is 67.6 Å². The molecule has 0 fully saturated rings. The van der Waals surface area contributed by atoms with Gasteiger partial charge in [-0.25, -0.2) is 5.53 Å². The highest BCUT2D eigenvalue weighted by molar-refractivity contribution is 7.86. The monoisotopic (exact) mass is 451 g/mol. The van der Waals surface area contributed by atoms with Gasteiger partial charge in [0.25, 0.3) is 20.2 Å². The van der Waals surface area contributed by atoms with E-state index in [0.717, 1.165) is 12.1 Å². The Labute approximate surface area is 169 Å². The molecule has 0 bridgehead atoms. The summed E-state index contributed by atoms with van der Waals surface area (Å²) >= 11 is 0. The van der Waals surface area contributed by atoms with Crippen LogP contribution in [0.3, 0.4) is 0 Å². The molecule has 14 heteroatoms. The third-order valence-electron chi connectivity index (χ3n) is 4.00. The summed E-state index contributed by atoms with van der Waals surface area (Å²) in [6.07, 6.45) is 0. The molecule has 156 valence electrons. The quantitative estimate of drug-likeness (QED) is 0.218. The molecule has 0 aliphatic carbocycles. The summed E-state index contributed by atoms with van der Waals surface area (Å²) in [4.78, 5) is -1.77. The number of nitrogens with zero attached hydrogens (tertiary/aromatic N) is 3. The van der Waals surface area contributed by atoms with Crippen LogP contribution in [0, 0.1) is 5.53 Å². The Balaban J connectivity index is 2.45. The second kappa shape index (κ2) is 7.42. The normalized spacial score (nSPS) is 12.5. The maximum absolute atomic E-state index is 11.8. The van der Waals surface area contributed by atoms with Crippen molar-refractivity contribution in [2.45, 2.75) is 9.79 Å². The van der Waals surface area contributed by atoms with Gasteiger partial charge in [-0.3, -0.25) is 9.11 Å². The van der Waals surface area contributed by atoms with Crippen LogP contribution in [0.4, 0.5) is 22.7 Å². The Kier molecular flexibility index (Phi) is 5.25. The zero-order valence-corrected chi connectivity index (χ0v) is 16.4. The lowest BCUT2D eigenvalue weighted by atomic mass is 10.1. The second-order valence-corrected chi connectivity index (χ2v) is 8.68. The molecule has 0 saturated carbocycles. The van der Waals surface area contributed by atoms with E-state index < -0.39 is 52.8 Å². The number of nitrogen functional groups attached to an aromatic ring is 1. The van der Waals surface area contributed by atoms with Gasteiger partial charge in [-0.1, -0.05) is 18.2 Å². The highest BCUT2D eigenvalue weighted by Crippen LogP contribution is 2.47. The smallest absolute Gasteiger partial charge is 0.296 e. The molecular formula is C16H13N5O7S2. The summed E-state index contributed by atoms with van der Waals surface area (Å²) < 4.78 is 65.8. The van der Waals surface area contributed by atoms with E-state index in [-0.39, 0.29) is 10.8 Å². The summed E-state index contributed by atoms with van der Waals surface area (Å²) in [5, 5.41) is 20.5. The lowest BCUT2D eigenvalue weighted by Crippen LogP contribution is -2.03. The van der Waals surface area contributed by atoms with E-state index >= 15 is 0 Å². The van der Waals surface area contributed by atoms with Gasteiger partial charge in [0.15, 0.2) is 5.75 Å². The molecule has 12 nitrogen and oxygen atoms in total. The summed E-state index contributed by atoms with van der Waals surface area (Å²) in [6.45, 7) is 0. The molecule has 3 aromatic rings. The van der Waals surface area contributed by atoms with Gasteiger partial charge in [0.2, 0.25) is 0 Å². The van der Waals surface area contributed by atoms with Crippen molar-refractivity contribution in [2.75, 3.05) is 5.73 Å². The summed E-state index contributed by atoms with van der Waals surface area (Å²) in [7, 11) is -9.86. The number of hydrogen-bond donors (Lipinski definition) is 5. The van der Waals surface area contributed by atoms with E-state index in [1.807, 2.05) is 0 Å². The fourth-order valence-corrected chi connectivity index (χ4v) is 4.05. The van der Waals surface area contributed by atoms with Crippen molar-refractivity contribution in [3.05, 3.63) is 42.5 Å². The molecule has 0 heterocycles. The molecule has 0 amide bonds. The number of rotatable bonds is 5. The van der Waals surface area contributed by atoms with Crippen LogP contribution in [0.5, 0.6) is 5.75 Å². The molecule has 0 aliphatic rings. The number of phenolic OH excluding ortho intramolecular Hbond substituents is 1. The van der Waals surface area contributed by atoms with Gasteiger partial charge in [-0.05, 0) is 29.7 Å². The number of hydrogen-bond acceptors (Lipinski definition) is 10. The van der Waals surface area contributed by atoms with Gasteiger partial charge in [0.1, 0.15) is 21.2 Å². The van der Waals surface area contributed by atoms with Crippen molar-refractivity contribution in [1.29, 1.82) is 5.53 Å². The molecular weight excluding hydrogens is 438 g/mol. The van der Waals surface area contributed by atoms with E-state index in [1.165, 1.54) is 0 Å². The minimum Gasteiger partial charge on any atom is -0.505 e. The van der Waals surface area contributed by atoms with Crippen molar-refractivity contribution in [3.63, 3.8) is 0 Å². The minimum atomic E-state index is -4.96. The summed E-state index contributed by atoms with van der Waals surface area (Å²) in [6, 6.07) is 9.60. The van der Waals surface area contributed by atoms with Gasteiger partial charge < -0.3 is 10.8 Å². The third-order valence-corrected chi connectivity index (χ3v) is 5.74. The molecule has 0 aromatic heterocycles. The van der Waals surface area contributed by atoms with E-state index in [4.69, 9.17) is 11.3 Å². The van der Waals surface area contributed by atoms with Gasteiger partial charge in [0, 0.05) is 0 Å². The molecule has 0 radical (unpaired) electrons. The largest absolute Gasteiger partial charge is 0.505 e. The topological polar surface area (TPSA) is 216 Å². The highest BCUT2D eigenvalue weighted by Gasteiger charge is 2.27. The van der Waals surface area contributed by atoms with Crippen LogP contribution in [0.25, 0.3) is 10.8 Å². The number of anilines is 1. The average molecular weight is 451 g/mol. The first kappa shape index (κ1) is 21.3. The summed E-state index contributed by atoms with van der Waals surface area (Å²) in [5.41, 5.74) is 11.4. The molecule has 0 unspecified atom stereocenters. The molecule has 0 spiro atoms. The van der Waals surface area contributed by atoms with Crippen LogP contribution >= 0.6 is 0 Å². The number of nitrogens with two attached hydrogens (primary N) is 1. The van der Waals surface area contributed by atoms with Crippen molar-refractivity contribution >= 4 is 53.8 Å². The summed E-state index contributed by atoms with van der Waals surface area (Å²) in [5.74, 6) is -0.857. The average Bonchev–Trinajstić information content (AvgIpc) is 2.66. The van der Waals surface area contributed by atoms with E-state index in [9.17, 15) is 31.0 Å². The molecule has 30 heavy (non-hydrogen) atoms. The molecule has 3 aromatic carbocycles. The zero-order chi connectivity index (χ0) is 22.3. The molecule has 0 aliphatic heterocycles. The van der Waals surface area contributed by atoms with E-state index in [0.29, 0.717) is 5.69 Å². The molecule has 6 N–H and O–H groups in total. The number of fused-ring (bicyclic) bond motifs is 1. The Hall–Kier alpha value is -3.46. The first-order valence-electron chi connectivity index (χ1n) is 7.86. The Bertz CT molecular complexity index is 1420. The zero-order valence-electron chi connectivity index (χ0n) is 14.8. The minimum absolute atomic E-state index is 0.281. The number of benzene rings is 3. The van der Waals surface area contributed by atoms with Crippen LogP contribution in [-0.4, -0.2) is 31.0 Å². The maximum Gasteiger partial charge on any atom is 0.296 e. The van der Waals surface area contributed by atoms with Gasteiger partial charge in [-0.2, -0.15) is 27.1 Å². The van der Waals surface area contributed by atoms with Crippen LogP contribution < -0.4 is 5.73 Å². The fourth-order valence-electron chi connectivity index (χ4n) is 2.72. The standard InChI is InChI=1S/C16H13N5O7S2/c17-13-12-8(6-10(14(13)19-18)29(23,24)25)7-11(30(26,27)28)15(16(12)22)21-20-9-4-2-1-3-5-9/h1-7,18,22H,17H2,(H,23,24,25)(H,26,27,28). The van der Waals surface area contributed by atoms with Gasteiger partial charge in [-0.15, -0.1) is 5.11 Å².